The molecule has 3 rings (SSSR count). The number of thiophene rings is 1. The molecule has 2 heterocycles. The van der Waals surface area contributed by atoms with E-state index in [-0.39, 0.29) is 17.9 Å². The first-order valence-electron chi connectivity index (χ1n) is 7.13. The summed E-state index contributed by atoms with van der Waals surface area (Å²) < 4.78 is 0. The summed E-state index contributed by atoms with van der Waals surface area (Å²) in [5.74, 6) is 0.415. The first-order chi connectivity index (χ1) is 9.50. The average Bonchev–Trinajstić information content (AvgIpc) is 3.10. The number of carbonyl (C=O) groups is 2. The molecule has 1 aliphatic heterocycles. The molecule has 0 spiro atoms. The third-order valence-corrected chi connectivity index (χ3v) is 5.08. The Morgan fingerprint density at radius 2 is 2.15 bits per heavy atom. The molecule has 20 heavy (non-hydrogen) atoms. The van der Waals surface area contributed by atoms with Crippen LogP contribution in [0.2, 0.25) is 0 Å². The van der Waals surface area contributed by atoms with Gasteiger partial charge in [-0.15, -0.1) is 0 Å². The molecule has 0 radical (unpaired) electrons. The van der Waals surface area contributed by atoms with E-state index < -0.39 is 5.54 Å². The van der Waals surface area contributed by atoms with Crippen LogP contribution in [-0.2, 0) is 16.0 Å². The SMILES string of the molecule is CC1(C)C(=O)NC(C2CC2)C(=O)N1CCc1ccsc1. The number of nitrogens with one attached hydrogen (secondary N) is 1. The van der Waals surface area contributed by atoms with Gasteiger partial charge in [0, 0.05) is 6.54 Å². The standard InChI is InChI=1S/C15H20N2O2S/c1-15(2)14(19)16-12(11-3-4-11)13(18)17(15)7-5-10-6-8-20-9-10/h6,8-9,11-12H,3-5,7H2,1-2H3,(H,16,19). The summed E-state index contributed by atoms with van der Waals surface area (Å²) in [4.78, 5) is 26.7. The Morgan fingerprint density at radius 3 is 2.75 bits per heavy atom. The van der Waals surface area contributed by atoms with Crippen LogP contribution in [-0.4, -0.2) is 34.8 Å². The summed E-state index contributed by atoms with van der Waals surface area (Å²) in [5, 5.41) is 7.05. The van der Waals surface area contributed by atoms with Crippen molar-refractivity contribution >= 4 is 23.2 Å². The Bertz CT molecular complexity index is 520. The molecule has 0 bridgehead atoms. The van der Waals surface area contributed by atoms with Crippen molar-refractivity contribution in [1.82, 2.24) is 10.2 Å². The van der Waals surface area contributed by atoms with Crippen LogP contribution in [0.15, 0.2) is 16.8 Å². The lowest BCUT2D eigenvalue weighted by molar-refractivity contribution is -0.155. The largest absolute Gasteiger partial charge is 0.342 e. The zero-order chi connectivity index (χ0) is 14.3. The fourth-order valence-electron chi connectivity index (χ4n) is 2.76. The lowest BCUT2D eigenvalue weighted by Crippen LogP contribution is -2.69. The Kier molecular flexibility index (Phi) is 3.32. The number of rotatable bonds is 4. The molecule has 1 N–H and O–H groups in total. The number of piperazine rings is 1. The van der Waals surface area contributed by atoms with Crippen LogP contribution in [0.25, 0.3) is 0 Å². The minimum atomic E-state index is -0.751. The molecule has 1 unspecified atom stereocenters. The molecule has 1 saturated carbocycles. The van der Waals surface area contributed by atoms with Crippen molar-refractivity contribution in [3.63, 3.8) is 0 Å². The lowest BCUT2D eigenvalue weighted by atomic mass is 9.93. The molecule has 1 aliphatic carbocycles. The van der Waals surface area contributed by atoms with Gasteiger partial charge in [0.2, 0.25) is 11.8 Å². The van der Waals surface area contributed by atoms with Crippen molar-refractivity contribution in [2.45, 2.75) is 44.7 Å². The molecular formula is C15H20N2O2S. The number of nitrogens with zero attached hydrogens (tertiary/aromatic N) is 1. The minimum absolute atomic E-state index is 0.0284. The van der Waals surface area contributed by atoms with Gasteiger partial charge >= 0.3 is 0 Å². The van der Waals surface area contributed by atoms with Gasteiger partial charge in [-0.05, 0) is 61.4 Å². The molecule has 1 atom stereocenters. The quantitative estimate of drug-likeness (QED) is 0.920. The molecule has 108 valence electrons. The maximum absolute atomic E-state index is 12.6. The van der Waals surface area contributed by atoms with Gasteiger partial charge in [-0.25, -0.2) is 0 Å². The Labute approximate surface area is 123 Å². The molecule has 4 nitrogen and oxygen atoms in total. The van der Waals surface area contributed by atoms with Crippen LogP contribution in [0, 0.1) is 5.92 Å². The molecule has 1 aromatic rings. The number of hydrogen-bond acceptors (Lipinski definition) is 3. The predicted octanol–water partition coefficient (Wildman–Crippen LogP) is 1.81. The van der Waals surface area contributed by atoms with Crippen LogP contribution >= 0.6 is 11.3 Å². The molecule has 1 saturated heterocycles. The van der Waals surface area contributed by atoms with E-state index in [1.54, 1.807) is 16.2 Å². The number of hydrogen-bond donors (Lipinski definition) is 1. The van der Waals surface area contributed by atoms with Gasteiger partial charge in [-0.3, -0.25) is 9.59 Å². The van der Waals surface area contributed by atoms with Crippen molar-refractivity contribution in [2.75, 3.05) is 6.54 Å². The normalized spacial score (nSPS) is 25.7. The van der Waals surface area contributed by atoms with Crippen molar-refractivity contribution in [3.05, 3.63) is 22.4 Å². The summed E-state index contributed by atoms with van der Waals surface area (Å²) in [7, 11) is 0. The van der Waals surface area contributed by atoms with E-state index in [9.17, 15) is 9.59 Å². The van der Waals surface area contributed by atoms with E-state index in [0.717, 1.165) is 19.3 Å². The van der Waals surface area contributed by atoms with Gasteiger partial charge < -0.3 is 10.2 Å². The van der Waals surface area contributed by atoms with Gasteiger partial charge in [0.1, 0.15) is 11.6 Å². The van der Waals surface area contributed by atoms with Crippen molar-refractivity contribution in [1.29, 1.82) is 0 Å². The maximum Gasteiger partial charge on any atom is 0.246 e. The third-order valence-electron chi connectivity index (χ3n) is 4.35. The van der Waals surface area contributed by atoms with Crippen molar-refractivity contribution in [3.8, 4) is 0 Å². The number of amides is 2. The molecule has 2 amide bonds. The summed E-state index contributed by atoms with van der Waals surface area (Å²) in [6.07, 6.45) is 2.91. The van der Waals surface area contributed by atoms with Crippen LogP contribution in [0.3, 0.4) is 0 Å². The molecule has 1 aromatic heterocycles. The van der Waals surface area contributed by atoms with Gasteiger partial charge in [-0.2, -0.15) is 11.3 Å². The predicted molar refractivity (Wildman–Crippen MR) is 78.5 cm³/mol. The zero-order valence-corrected chi connectivity index (χ0v) is 12.7. The van der Waals surface area contributed by atoms with Crippen LogP contribution in [0.4, 0.5) is 0 Å². The fourth-order valence-corrected chi connectivity index (χ4v) is 3.46. The molecule has 2 fully saturated rings. The molecule has 2 aliphatic rings. The van der Waals surface area contributed by atoms with Crippen LogP contribution in [0.5, 0.6) is 0 Å². The van der Waals surface area contributed by atoms with Gasteiger partial charge in [0.25, 0.3) is 0 Å². The smallest absolute Gasteiger partial charge is 0.246 e. The summed E-state index contributed by atoms with van der Waals surface area (Å²) in [5.41, 5.74) is 0.478. The molecule has 0 aromatic carbocycles. The van der Waals surface area contributed by atoms with Crippen molar-refractivity contribution < 1.29 is 9.59 Å². The van der Waals surface area contributed by atoms with Gasteiger partial charge in [0.15, 0.2) is 0 Å². The monoisotopic (exact) mass is 292 g/mol. The van der Waals surface area contributed by atoms with E-state index in [0.29, 0.717) is 12.5 Å². The van der Waals surface area contributed by atoms with E-state index in [4.69, 9.17) is 0 Å². The van der Waals surface area contributed by atoms with E-state index in [1.807, 2.05) is 19.2 Å². The highest BCUT2D eigenvalue weighted by Crippen LogP contribution is 2.36. The second kappa shape index (κ2) is 4.88. The fraction of sp³-hybridized carbons (Fsp3) is 0.600. The summed E-state index contributed by atoms with van der Waals surface area (Å²) >= 11 is 1.66. The third kappa shape index (κ3) is 2.35. The maximum atomic E-state index is 12.6. The second-order valence-corrected chi connectivity index (χ2v) is 7.00. The Balaban J connectivity index is 1.76. The highest BCUT2D eigenvalue weighted by atomic mass is 32.1. The summed E-state index contributed by atoms with van der Waals surface area (Å²) in [6.45, 7) is 4.27. The zero-order valence-electron chi connectivity index (χ0n) is 11.9. The van der Waals surface area contributed by atoms with Gasteiger partial charge in [-0.1, -0.05) is 0 Å². The van der Waals surface area contributed by atoms with Gasteiger partial charge in [0.05, 0.1) is 0 Å². The summed E-state index contributed by atoms with van der Waals surface area (Å²) in [6, 6.07) is 1.78. The van der Waals surface area contributed by atoms with E-state index in [2.05, 4.69) is 16.8 Å². The number of carbonyl (C=O) groups excluding carboxylic acids is 2. The molecular weight excluding hydrogens is 272 g/mol. The highest BCUT2D eigenvalue weighted by Gasteiger charge is 2.50. The minimum Gasteiger partial charge on any atom is -0.342 e. The first-order valence-corrected chi connectivity index (χ1v) is 8.08. The van der Waals surface area contributed by atoms with E-state index >= 15 is 0 Å². The van der Waals surface area contributed by atoms with Crippen LogP contribution in [0.1, 0.15) is 32.3 Å². The topological polar surface area (TPSA) is 49.4 Å². The van der Waals surface area contributed by atoms with E-state index in [1.165, 1.54) is 5.56 Å². The highest BCUT2D eigenvalue weighted by molar-refractivity contribution is 7.07. The first kappa shape index (κ1) is 13.6. The molecule has 5 heteroatoms. The van der Waals surface area contributed by atoms with Crippen molar-refractivity contribution in [2.24, 2.45) is 5.92 Å². The van der Waals surface area contributed by atoms with Crippen LogP contribution < -0.4 is 5.32 Å². The average molecular weight is 292 g/mol. The Hall–Kier alpha value is -1.36. The lowest BCUT2D eigenvalue weighted by Gasteiger charge is -2.44. The second-order valence-electron chi connectivity index (χ2n) is 6.22. The Morgan fingerprint density at radius 1 is 1.40 bits per heavy atom.